The number of hydrogen-bond donors (Lipinski definition) is 13. The summed E-state index contributed by atoms with van der Waals surface area (Å²) in [7, 11) is 0. The van der Waals surface area contributed by atoms with Gasteiger partial charge in [0.25, 0.3) is 0 Å². The van der Waals surface area contributed by atoms with Crippen LogP contribution in [0, 0.1) is 45.3 Å². The van der Waals surface area contributed by atoms with Crippen molar-refractivity contribution in [1.29, 1.82) is 0 Å². The molecule has 3 saturated carbocycles. The minimum absolute atomic E-state index is 0.0660. The highest BCUT2D eigenvalue weighted by Gasteiger charge is 2.70. The number of fused-ring (bicyclic) bond motifs is 5. The van der Waals surface area contributed by atoms with Gasteiger partial charge in [-0.1, -0.05) is 53.2 Å². The van der Waals surface area contributed by atoms with Gasteiger partial charge in [-0.15, -0.1) is 0 Å². The number of hydrogen-bond acceptors (Lipinski definition) is 19. The predicted octanol–water partition coefficient (Wildman–Crippen LogP) is -0.666. The lowest BCUT2D eigenvalue weighted by molar-refractivity contribution is -0.341. The van der Waals surface area contributed by atoms with Gasteiger partial charge in [0.15, 0.2) is 18.9 Å². The van der Waals surface area contributed by atoms with Crippen molar-refractivity contribution in [1.82, 2.24) is 0 Å². The summed E-state index contributed by atoms with van der Waals surface area (Å²) in [5.41, 5.74) is -1.57. The Morgan fingerprint density at radius 1 is 0.691 bits per heavy atom. The third-order valence-corrected chi connectivity index (χ3v) is 18.9. The van der Waals surface area contributed by atoms with Crippen LogP contribution in [-0.4, -0.2) is 202 Å². The lowest BCUT2D eigenvalue weighted by atomic mass is 9.38. The Kier molecular flexibility index (Phi) is 16.4. The van der Waals surface area contributed by atoms with Crippen LogP contribution in [-0.2, 0) is 28.4 Å². The first kappa shape index (κ1) is 54.7. The predicted molar refractivity (Wildman–Crippen MR) is 240 cm³/mol. The van der Waals surface area contributed by atoms with Crippen LogP contribution in [0.4, 0.5) is 0 Å². The van der Waals surface area contributed by atoms with Crippen molar-refractivity contribution in [2.75, 3.05) is 19.8 Å². The van der Waals surface area contributed by atoms with Gasteiger partial charge >= 0.3 is 0 Å². The van der Waals surface area contributed by atoms with Gasteiger partial charge in [0, 0.05) is 17.4 Å². The maximum atomic E-state index is 12.6. The van der Waals surface area contributed by atoms with Crippen molar-refractivity contribution in [2.24, 2.45) is 45.3 Å². The molecule has 0 amide bonds. The molecule has 19 heteroatoms. The van der Waals surface area contributed by atoms with Gasteiger partial charge in [-0.05, 0) is 106 Å². The van der Waals surface area contributed by atoms with Crippen LogP contribution in [0.2, 0.25) is 0 Å². The zero-order valence-electron chi connectivity index (χ0n) is 41.0. The molecule has 0 radical (unpaired) electrons. The summed E-state index contributed by atoms with van der Waals surface area (Å²) in [6.45, 7) is 15.1. The Morgan fingerprint density at radius 2 is 1.26 bits per heavy atom. The van der Waals surface area contributed by atoms with Gasteiger partial charge in [0.2, 0.25) is 0 Å². The summed E-state index contributed by atoms with van der Waals surface area (Å²) in [6, 6.07) is 0. The second kappa shape index (κ2) is 20.4. The van der Waals surface area contributed by atoms with Crippen LogP contribution < -0.4 is 0 Å². The smallest absolute Gasteiger partial charge is 0.187 e. The van der Waals surface area contributed by atoms with Crippen molar-refractivity contribution >= 4 is 0 Å². The molecule has 0 bridgehead atoms. The van der Waals surface area contributed by atoms with Crippen LogP contribution in [0.5, 0.6) is 0 Å². The van der Waals surface area contributed by atoms with Crippen LogP contribution in [0.1, 0.15) is 113 Å². The average Bonchev–Trinajstić information content (AvgIpc) is 3.55. The van der Waals surface area contributed by atoms with E-state index in [0.717, 1.165) is 25.7 Å². The number of aliphatic hydroxyl groups excluding tert-OH is 12. The van der Waals surface area contributed by atoms with Gasteiger partial charge in [-0.25, -0.2) is 0 Å². The molecule has 68 heavy (non-hydrogen) atoms. The van der Waals surface area contributed by atoms with Gasteiger partial charge in [-0.2, -0.15) is 0 Å². The van der Waals surface area contributed by atoms with E-state index in [-0.39, 0.29) is 53.6 Å². The average molecular weight is 977 g/mol. The Labute approximate surface area is 400 Å². The molecule has 3 aliphatic heterocycles. The largest absolute Gasteiger partial charge is 0.396 e. The van der Waals surface area contributed by atoms with E-state index in [9.17, 15) is 66.4 Å². The lowest BCUT2D eigenvalue weighted by Gasteiger charge is -2.67. The standard InChI is InChI=1S/C49H84O19/c1-22(9-13-32(46(4,5)62)68-44-41(61)38(58)35(55)28(66-44)21-63-42-39(59)37(57)34(54)27(20-51)65-42)23-15-17-47(6)29-12-10-24-25(49(29,8)30(52)19-48(23,47)7)11-14-31(45(24,2)3)67-43-40(60)36(56)33(53)26(64-43)16-18-50/h10,22-23,25-44,50-62H,9,11-21H2,1-8H3/t22-,23?,25?,26-,27-,28-,29?,30-,31+,32-,33-,34-,35-,36+,37+,38+,39-,40-,41-,42-,43+,44+,47+,48-,49+/m1/s1. The third-order valence-electron chi connectivity index (χ3n) is 18.9. The highest BCUT2D eigenvalue weighted by molar-refractivity contribution is 5.32. The van der Waals surface area contributed by atoms with Crippen LogP contribution >= 0.6 is 0 Å². The van der Waals surface area contributed by atoms with E-state index >= 15 is 0 Å². The van der Waals surface area contributed by atoms with Crippen LogP contribution in [0.25, 0.3) is 0 Å². The zero-order valence-corrected chi connectivity index (χ0v) is 41.0. The summed E-state index contributed by atoms with van der Waals surface area (Å²) in [4.78, 5) is 0. The summed E-state index contributed by atoms with van der Waals surface area (Å²) in [5.74, 6) is 0.560. The van der Waals surface area contributed by atoms with E-state index < -0.39 is 134 Å². The van der Waals surface area contributed by atoms with Crippen molar-refractivity contribution in [2.45, 2.75) is 229 Å². The van der Waals surface area contributed by atoms with Crippen molar-refractivity contribution in [3.8, 4) is 0 Å². The Morgan fingerprint density at radius 3 is 1.88 bits per heavy atom. The Balaban J connectivity index is 1.01. The molecule has 3 saturated heterocycles. The second-order valence-corrected chi connectivity index (χ2v) is 23.4. The molecule has 3 heterocycles. The number of aliphatic hydroxyl groups is 13. The molecule has 7 rings (SSSR count). The van der Waals surface area contributed by atoms with E-state index in [4.69, 9.17) is 28.4 Å². The molecule has 0 aromatic heterocycles. The molecule has 0 aromatic rings. The fraction of sp³-hybridized carbons (Fsp3) is 0.959. The summed E-state index contributed by atoms with van der Waals surface area (Å²) in [5, 5.41) is 139. The molecule has 0 aromatic carbocycles. The van der Waals surface area contributed by atoms with Crippen molar-refractivity contribution in [3.63, 3.8) is 0 Å². The zero-order chi connectivity index (χ0) is 50.2. The first-order valence-corrected chi connectivity index (χ1v) is 25.0. The highest BCUT2D eigenvalue weighted by Crippen LogP contribution is 2.75. The Bertz CT molecular complexity index is 1730. The number of rotatable bonds is 15. The molecule has 19 nitrogen and oxygen atoms in total. The molecule has 3 unspecified atom stereocenters. The van der Waals surface area contributed by atoms with E-state index in [2.05, 4.69) is 47.6 Å². The topological polar surface area (TPSA) is 318 Å². The summed E-state index contributed by atoms with van der Waals surface area (Å²) < 4.78 is 35.6. The lowest BCUT2D eigenvalue weighted by Crippen LogP contribution is -2.65. The maximum Gasteiger partial charge on any atom is 0.187 e. The van der Waals surface area contributed by atoms with Crippen LogP contribution in [0.15, 0.2) is 11.6 Å². The molecule has 25 atom stereocenters. The molecule has 7 aliphatic rings. The van der Waals surface area contributed by atoms with Crippen molar-refractivity contribution < 1.29 is 94.8 Å². The van der Waals surface area contributed by atoms with E-state index in [1.54, 1.807) is 13.8 Å². The maximum absolute atomic E-state index is 12.6. The summed E-state index contributed by atoms with van der Waals surface area (Å²) >= 11 is 0. The molecule has 4 aliphatic carbocycles. The highest BCUT2D eigenvalue weighted by atomic mass is 16.7. The van der Waals surface area contributed by atoms with Crippen molar-refractivity contribution in [3.05, 3.63) is 11.6 Å². The first-order valence-electron chi connectivity index (χ1n) is 25.0. The van der Waals surface area contributed by atoms with E-state index in [0.29, 0.717) is 25.7 Å². The van der Waals surface area contributed by atoms with Gasteiger partial charge in [0.1, 0.15) is 67.1 Å². The molecule has 394 valence electrons. The van der Waals surface area contributed by atoms with E-state index in [1.807, 2.05) is 0 Å². The normalized spacial score (nSPS) is 50.4. The summed E-state index contributed by atoms with van der Waals surface area (Å²) in [6.07, 6.45) is -16.1. The van der Waals surface area contributed by atoms with Gasteiger partial charge in [0.05, 0.1) is 43.2 Å². The second-order valence-electron chi connectivity index (χ2n) is 23.4. The van der Waals surface area contributed by atoms with Crippen LogP contribution in [0.3, 0.4) is 0 Å². The van der Waals surface area contributed by atoms with E-state index in [1.165, 1.54) is 5.57 Å². The Hall–Kier alpha value is -1.02. The fourth-order valence-corrected chi connectivity index (χ4v) is 14.4. The number of ether oxygens (including phenoxy) is 6. The minimum atomic E-state index is -1.75. The molecular formula is C49H84O19. The SMILES string of the molecule is C[C@H](CC[C@@H](O[C@@H]1O[C@H](CO[C@@H]2O[C@H](CO)[C@@H](O)[C@H](O)[C@H]2O)[C@@H](O)[C@H](O)[C@H]1O)C(C)(C)O)C1CC[C@@]2(C)C3CC=C4C(CC[C@H](O[C@@H]5O[C@H](CCO)[C@@H](O)[C@H](O)[C@H]5O)C4(C)C)[C@]3(C)[C@H](O)C[C@]12C. The first-order chi connectivity index (χ1) is 31.7. The number of allylic oxidation sites excluding steroid dienone is 1. The monoisotopic (exact) mass is 977 g/mol. The quantitative estimate of drug-likeness (QED) is 0.0906. The molecule has 0 spiro atoms. The molecular weight excluding hydrogens is 893 g/mol. The third kappa shape index (κ3) is 9.43. The van der Waals surface area contributed by atoms with Gasteiger partial charge in [-0.3, -0.25) is 0 Å². The fourth-order valence-electron chi connectivity index (χ4n) is 14.4. The molecule has 6 fully saturated rings. The van der Waals surface area contributed by atoms with Gasteiger partial charge < -0.3 is 94.8 Å². The minimum Gasteiger partial charge on any atom is -0.396 e. The molecule has 13 N–H and O–H groups in total.